The molecule has 0 saturated heterocycles. The molecule has 0 amide bonds. The lowest BCUT2D eigenvalue weighted by atomic mass is 10.1. The van der Waals surface area contributed by atoms with E-state index in [9.17, 15) is 4.79 Å². The highest BCUT2D eigenvalue weighted by atomic mass is 32.1. The van der Waals surface area contributed by atoms with Crippen LogP contribution in [0.3, 0.4) is 0 Å². The van der Waals surface area contributed by atoms with Crippen LogP contribution < -0.4 is 0 Å². The fourth-order valence-electron chi connectivity index (χ4n) is 1.28. The van der Waals surface area contributed by atoms with Crippen LogP contribution in [0.25, 0.3) is 0 Å². The van der Waals surface area contributed by atoms with Gasteiger partial charge in [0.1, 0.15) is 6.10 Å². The molecule has 0 bridgehead atoms. The average molecular weight is 213 g/mol. The standard InChI is InChI=1S/C10H15NO2S/c1-3-4-9(13-2)8(12)7-10-11-5-6-14-10/h5-6,9H,3-4,7H2,1-2H3. The van der Waals surface area contributed by atoms with Gasteiger partial charge >= 0.3 is 0 Å². The smallest absolute Gasteiger partial charge is 0.168 e. The molecule has 0 aliphatic heterocycles. The summed E-state index contributed by atoms with van der Waals surface area (Å²) in [5.41, 5.74) is 0. The summed E-state index contributed by atoms with van der Waals surface area (Å²) in [6.45, 7) is 2.04. The van der Waals surface area contributed by atoms with Gasteiger partial charge in [-0.25, -0.2) is 4.98 Å². The summed E-state index contributed by atoms with van der Waals surface area (Å²) in [5.74, 6) is 0.129. The van der Waals surface area contributed by atoms with Crippen molar-refractivity contribution in [2.75, 3.05) is 7.11 Å². The van der Waals surface area contributed by atoms with Gasteiger partial charge in [-0.2, -0.15) is 0 Å². The lowest BCUT2D eigenvalue weighted by Crippen LogP contribution is -2.24. The van der Waals surface area contributed by atoms with Crippen LogP contribution in [-0.2, 0) is 16.0 Å². The Bertz CT molecular complexity index is 272. The molecule has 4 heteroatoms. The molecule has 0 saturated carbocycles. The third-order valence-electron chi connectivity index (χ3n) is 2.00. The van der Waals surface area contributed by atoms with Crippen LogP contribution in [0.5, 0.6) is 0 Å². The third kappa shape index (κ3) is 3.20. The lowest BCUT2D eigenvalue weighted by Gasteiger charge is -2.11. The van der Waals surface area contributed by atoms with Crippen LogP contribution in [0.15, 0.2) is 11.6 Å². The fourth-order valence-corrected chi connectivity index (χ4v) is 1.90. The highest BCUT2D eigenvalue weighted by molar-refractivity contribution is 7.09. The van der Waals surface area contributed by atoms with Crippen LogP contribution >= 0.6 is 11.3 Å². The SMILES string of the molecule is CCCC(OC)C(=O)Cc1nccs1. The van der Waals surface area contributed by atoms with Crippen LogP contribution in [-0.4, -0.2) is 24.0 Å². The number of hydrogen-bond acceptors (Lipinski definition) is 4. The second kappa shape index (κ2) is 5.88. The Kier molecular flexibility index (Phi) is 4.76. The average Bonchev–Trinajstić information content (AvgIpc) is 2.66. The first-order valence-corrected chi connectivity index (χ1v) is 5.59. The summed E-state index contributed by atoms with van der Waals surface area (Å²) in [5, 5.41) is 2.75. The highest BCUT2D eigenvalue weighted by Crippen LogP contribution is 2.10. The van der Waals surface area contributed by atoms with E-state index >= 15 is 0 Å². The maximum Gasteiger partial charge on any atom is 0.168 e. The van der Waals surface area contributed by atoms with E-state index in [-0.39, 0.29) is 11.9 Å². The number of Topliss-reactive ketones (excluding diaryl/α,β-unsaturated/α-hetero) is 1. The highest BCUT2D eigenvalue weighted by Gasteiger charge is 2.17. The maximum absolute atomic E-state index is 11.7. The van der Waals surface area contributed by atoms with Crippen molar-refractivity contribution in [3.05, 3.63) is 16.6 Å². The van der Waals surface area contributed by atoms with Gasteiger partial charge in [0.05, 0.1) is 11.4 Å². The molecular weight excluding hydrogens is 198 g/mol. The molecule has 1 rings (SSSR count). The van der Waals surface area contributed by atoms with Crippen LogP contribution in [0.4, 0.5) is 0 Å². The Balaban J connectivity index is 2.47. The van der Waals surface area contributed by atoms with Crippen molar-refractivity contribution in [3.63, 3.8) is 0 Å². The summed E-state index contributed by atoms with van der Waals surface area (Å²) in [7, 11) is 1.58. The number of methoxy groups -OCH3 is 1. The molecule has 0 fully saturated rings. The maximum atomic E-state index is 11.7. The normalized spacial score (nSPS) is 12.7. The number of ketones is 1. The van der Waals surface area contributed by atoms with Crippen molar-refractivity contribution in [3.8, 4) is 0 Å². The third-order valence-corrected chi connectivity index (χ3v) is 2.78. The van der Waals surface area contributed by atoms with Crippen molar-refractivity contribution in [1.82, 2.24) is 4.98 Å². The summed E-state index contributed by atoms with van der Waals surface area (Å²) >= 11 is 1.51. The predicted octanol–water partition coefficient (Wildman–Crippen LogP) is 2.07. The van der Waals surface area contributed by atoms with Crippen molar-refractivity contribution >= 4 is 17.1 Å². The molecule has 0 N–H and O–H groups in total. The molecule has 0 spiro atoms. The number of aromatic nitrogens is 1. The van der Waals surface area contributed by atoms with E-state index in [1.54, 1.807) is 13.3 Å². The van der Waals surface area contributed by atoms with Crippen molar-refractivity contribution < 1.29 is 9.53 Å². The van der Waals surface area contributed by atoms with E-state index in [0.29, 0.717) is 6.42 Å². The zero-order valence-electron chi connectivity index (χ0n) is 8.53. The van der Waals surface area contributed by atoms with Gasteiger partial charge in [-0.05, 0) is 6.42 Å². The number of hydrogen-bond donors (Lipinski definition) is 0. The largest absolute Gasteiger partial charge is 0.374 e. The van der Waals surface area contributed by atoms with E-state index in [0.717, 1.165) is 17.8 Å². The first-order chi connectivity index (χ1) is 6.77. The van der Waals surface area contributed by atoms with Gasteiger partial charge in [-0.15, -0.1) is 11.3 Å². The molecule has 0 aromatic carbocycles. The molecule has 1 heterocycles. The summed E-state index contributed by atoms with van der Waals surface area (Å²) in [6, 6.07) is 0. The molecule has 0 radical (unpaired) electrons. The van der Waals surface area contributed by atoms with E-state index in [1.165, 1.54) is 11.3 Å². The Morgan fingerprint density at radius 3 is 3.00 bits per heavy atom. The topological polar surface area (TPSA) is 39.2 Å². The lowest BCUT2D eigenvalue weighted by molar-refractivity contribution is -0.128. The molecule has 1 atom stereocenters. The molecule has 1 aromatic rings. The molecule has 1 unspecified atom stereocenters. The Morgan fingerprint density at radius 1 is 1.71 bits per heavy atom. The van der Waals surface area contributed by atoms with Crippen molar-refractivity contribution in [1.29, 1.82) is 0 Å². The van der Waals surface area contributed by atoms with Gasteiger partial charge in [0, 0.05) is 18.7 Å². The van der Waals surface area contributed by atoms with Crippen molar-refractivity contribution in [2.45, 2.75) is 32.3 Å². The predicted molar refractivity (Wildman–Crippen MR) is 56.5 cm³/mol. The first-order valence-electron chi connectivity index (χ1n) is 4.71. The molecule has 14 heavy (non-hydrogen) atoms. The van der Waals surface area contributed by atoms with Gasteiger partial charge in [0.15, 0.2) is 5.78 Å². The minimum atomic E-state index is -0.260. The minimum Gasteiger partial charge on any atom is -0.374 e. The molecule has 0 aliphatic rings. The Hall–Kier alpha value is -0.740. The van der Waals surface area contributed by atoms with Gasteiger partial charge in [-0.3, -0.25) is 4.79 Å². The van der Waals surface area contributed by atoms with Crippen LogP contribution in [0.1, 0.15) is 24.8 Å². The van der Waals surface area contributed by atoms with Crippen molar-refractivity contribution in [2.24, 2.45) is 0 Å². The van der Waals surface area contributed by atoms with E-state index in [1.807, 2.05) is 12.3 Å². The number of rotatable bonds is 6. The second-order valence-corrected chi connectivity index (χ2v) is 4.06. The zero-order valence-corrected chi connectivity index (χ0v) is 9.34. The monoisotopic (exact) mass is 213 g/mol. The minimum absolute atomic E-state index is 0.129. The molecule has 3 nitrogen and oxygen atoms in total. The van der Waals surface area contributed by atoms with Gasteiger partial charge in [0.2, 0.25) is 0 Å². The molecule has 78 valence electrons. The fraction of sp³-hybridized carbons (Fsp3) is 0.600. The summed E-state index contributed by atoms with van der Waals surface area (Å²) < 4.78 is 5.13. The number of ether oxygens (including phenoxy) is 1. The van der Waals surface area contributed by atoms with E-state index in [2.05, 4.69) is 4.98 Å². The summed E-state index contributed by atoms with van der Waals surface area (Å²) in [4.78, 5) is 15.7. The number of thiazole rings is 1. The van der Waals surface area contributed by atoms with Gasteiger partial charge < -0.3 is 4.74 Å². The molecule has 1 aromatic heterocycles. The Labute approximate surface area is 88.1 Å². The zero-order chi connectivity index (χ0) is 10.4. The van der Waals surface area contributed by atoms with E-state index in [4.69, 9.17) is 4.74 Å². The van der Waals surface area contributed by atoms with Crippen LogP contribution in [0, 0.1) is 0 Å². The number of carbonyl (C=O) groups is 1. The number of carbonyl (C=O) groups excluding carboxylic acids is 1. The van der Waals surface area contributed by atoms with E-state index < -0.39 is 0 Å². The van der Waals surface area contributed by atoms with Crippen LogP contribution in [0.2, 0.25) is 0 Å². The summed E-state index contributed by atoms with van der Waals surface area (Å²) in [6.07, 6.45) is 3.61. The second-order valence-electron chi connectivity index (χ2n) is 3.08. The Morgan fingerprint density at radius 2 is 2.50 bits per heavy atom. The first kappa shape index (κ1) is 11.3. The molecular formula is C10H15NO2S. The molecule has 0 aliphatic carbocycles. The quantitative estimate of drug-likeness (QED) is 0.726. The van der Waals surface area contributed by atoms with Gasteiger partial charge in [-0.1, -0.05) is 13.3 Å². The number of nitrogens with zero attached hydrogens (tertiary/aromatic N) is 1. The van der Waals surface area contributed by atoms with Gasteiger partial charge in [0.25, 0.3) is 0 Å².